The summed E-state index contributed by atoms with van der Waals surface area (Å²) >= 11 is 0. The molecule has 0 bridgehead atoms. The van der Waals surface area contributed by atoms with Gasteiger partial charge in [-0.05, 0) is 25.1 Å². The Morgan fingerprint density at radius 3 is 2.39 bits per heavy atom. The molecule has 1 atom stereocenters. The number of hydrogen-bond donors (Lipinski definition) is 0. The number of aldehydes is 1. The Labute approximate surface area is 184 Å². The van der Waals surface area contributed by atoms with Crippen molar-refractivity contribution in [3.05, 3.63) is 58.4 Å². The zero-order valence-electron chi connectivity index (χ0n) is 16.3. The number of hydrogen-bond acceptors (Lipinski definition) is 4. The molecule has 0 fully saturated rings. The van der Waals surface area contributed by atoms with E-state index in [9.17, 15) is 35.5 Å². The van der Waals surface area contributed by atoms with E-state index in [4.69, 9.17) is 9.47 Å². The molecular weight excluding hydrogens is 461 g/mol. The topological polar surface area (TPSA) is 44.8 Å². The van der Waals surface area contributed by atoms with E-state index >= 15 is 0 Å². The number of carbonyl (C=O) groups is 1. The zero-order chi connectivity index (χ0) is 23.7. The van der Waals surface area contributed by atoms with Crippen molar-refractivity contribution in [3.63, 3.8) is 0 Å². The highest BCUT2D eigenvalue weighted by Crippen LogP contribution is 2.37. The first-order valence-corrected chi connectivity index (χ1v) is 9.07. The van der Waals surface area contributed by atoms with Gasteiger partial charge in [-0.2, -0.15) is 26.3 Å². The van der Waals surface area contributed by atoms with Crippen LogP contribution in [-0.2, 0) is 17.6 Å². The van der Waals surface area contributed by atoms with E-state index in [0.29, 0.717) is 19.3 Å². The van der Waals surface area contributed by atoms with Crippen molar-refractivity contribution < 1.29 is 49.7 Å². The first-order valence-electron chi connectivity index (χ1n) is 9.07. The van der Waals surface area contributed by atoms with Gasteiger partial charge in [0.2, 0.25) is 0 Å². The monoisotopic (exact) mass is 480 g/mol. The fourth-order valence-electron chi connectivity index (χ4n) is 2.82. The van der Waals surface area contributed by atoms with E-state index in [-0.39, 0.29) is 36.7 Å². The highest BCUT2D eigenvalue weighted by Gasteiger charge is 2.39. The number of halogens is 7. The summed E-state index contributed by atoms with van der Waals surface area (Å²) in [6.45, 7) is -0.0861. The second-order valence-corrected chi connectivity index (χ2v) is 6.85. The summed E-state index contributed by atoms with van der Waals surface area (Å²) in [5, 5.41) is 0. The van der Waals surface area contributed by atoms with Crippen molar-refractivity contribution in [2.75, 3.05) is 6.61 Å². The summed E-state index contributed by atoms with van der Waals surface area (Å²) in [5.41, 5.74) is -1.44. The van der Waals surface area contributed by atoms with Crippen LogP contribution in [-0.4, -0.2) is 25.2 Å². The number of ether oxygens (including phenoxy) is 3. The second kappa shape index (κ2) is 9.72. The zero-order valence-corrected chi connectivity index (χ0v) is 16.3. The standard InChI is InChI=1S/C21H15F7O4.CH4/c1-11(20(23,24)25)32-14-3-2-13(17(5-14)21(26,27)28)10-30-15-6-18(22)16-4-12(8-29)9-31-19(16)7-15;/h2-8,11H,9-10H2,1H3;1H4/t11-;/m0./s1. The Kier molecular flexibility index (Phi) is 7.66. The molecular formula is C22H19F7O4. The van der Waals surface area contributed by atoms with Gasteiger partial charge in [0.25, 0.3) is 0 Å². The molecule has 0 radical (unpaired) electrons. The third-order valence-electron chi connectivity index (χ3n) is 4.50. The smallest absolute Gasteiger partial charge is 0.425 e. The number of fused-ring (bicyclic) bond motifs is 1. The van der Waals surface area contributed by atoms with Crippen LogP contribution in [0.4, 0.5) is 30.7 Å². The van der Waals surface area contributed by atoms with Gasteiger partial charge in [-0.1, -0.05) is 13.5 Å². The predicted octanol–water partition coefficient (Wildman–Crippen LogP) is 6.36. The normalized spacial score (nSPS) is 14.2. The Hall–Kier alpha value is -3.24. The summed E-state index contributed by atoms with van der Waals surface area (Å²) in [6.07, 6.45) is -10.2. The molecule has 33 heavy (non-hydrogen) atoms. The van der Waals surface area contributed by atoms with Crippen molar-refractivity contribution >= 4 is 12.4 Å². The van der Waals surface area contributed by atoms with Gasteiger partial charge in [0.15, 0.2) is 6.10 Å². The highest BCUT2D eigenvalue weighted by atomic mass is 19.4. The van der Waals surface area contributed by atoms with E-state index in [1.54, 1.807) is 0 Å². The van der Waals surface area contributed by atoms with Crippen LogP contribution < -0.4 is 14.2 Å². The quantitative estimate of drug-likeness (QED) is 0.356. The van der Waals surface area contributed by atoms with E-state index in [1.165, 1.54) is 12.1 Å². The Morgan fingerprint density at radius 2 is 1.79 bits per heavy atom. The van der Waals surface area contributed by atoms with Crippen molar-refractivity contribution in [1.82, 2.24) is 0 Å². The minimum absolute atomic E-state index is 0. The lowest BCUT2D eigenvalue weighted by Gasteiger charge is -2.20. The van der Waals surface area contributed by atoms with Crippen molar-refractivity contribution in [3.8, 4) is 17.2 Å². The third kappa shape index (κ3) is 6.17. The second-order valence-electron chi connectivity index (χ2n) is 6.85. The van der Waals surface area contributed by atoms with Gasteiger partial charge in [-0.3, -0.25) is 4.79 Å². The van der Waals surface area contributed by atoms with Crippen LogP contribution >= 0.6 is 0 Å². The highest BCUT2D eigenvalue weighted by molar-refractivity contribution is 5.84. The SMILES string of the molecule is C.C[C@H](Oc1ccc(COc2cc(F)c3c(c2)OCC(C=O)=C3)c(C(F)(F)F)c1)C(F)(F)F. The number of rotatable bonds is 6. The van der Waals surface area contributed by atoms with Crippen molar-refractivity contribution in [2.45, 2.75) is 39.4 Å². The van der Waals surface area contributed by atoms with Crippen LogP contribution in [0.1, 0.15) is 31.0 Å². The summed E-state index contributed by atoms with van der Waals surface area (Å²) in [6, 6.07) is 4.50. The Balaban J connectivity index is 0.00000385. The van der Waals surface area contributed by atoms with Gasteiger partial charge in [0, 0.05) is 23.3 Å². The number of benzene rings is 2. The van der Waals surface area contributed by atoms with Gasteiger partial charge in [-0.15, -0.1) is 0 Å². The summed E-state index contributed by atoms with van der Waals surface area (Å²) < 4.78 is 108. The maximum atomic E-state index is 14.3. The maximum absolute atomic E-state index is 14.3. The number of carbonyl (C=O) groups excluding carboxylic acids is 1. The molecule has 2 aromatic rings. The lowest BCUT2D eigenvalue weighted by Crippen LogP contribution is -2.31. The van der Waals surface area contributed by atoms with E-state index in [1.807, 2.05) is 0 Å². The van der Waals surface area contributed by atoms with Gasteiger partial charge in [0.1, 0.15) is 42.6 Å². The first kappa shape index (κ1) is 26.0. The average Bonchev–Trinajstić information content (AvgIpc) is 2.71. The fourth-order valence-corrected chi connectivity index (χ4v) is 2.82. The van der Waals surface area contributed by atoms with E-state index in [0.717, 1.165) is 18.2 Å². The molecule has 11 heteroatoms. The molecule has 1 aliphatic heterocycles. The van der Waals surface area contributed by atoms with Crippen LogP contribution in [0.25, 0.3) is 6.08 Å². The molecule has 4 nitrogen and oxygen atoms in total. The molecule has 0 unspecified atom stereocenters. The molecule has 180 valence electrons. The summed E-state index contributed by atoms with van der Waals surface area (Å²) in [5.74, 6) is -1.51. The molecule has 1 aliphatic rings. The first-order chi connectivity index (χ1) is 14.9. The molecule has 0 N–H and O–H groups in total. The van der Waals surface area contributed by atoms with Gasteiger partial charge >= 0.3 is 12.4 Å². The minimum atomic E-state index is -4.90. The van der Waals surface area contributed by atoms with E-state index < -0.39 is 47.8 Å². The predicted molar refractivity (Wildman–Crippen MR) is 105 cm³/mol. The average molecular weight is 480 g/mol. The molecule has 2 aromatic carbocycles. The molecule has 0 aromatic heterocycles. The van der Waals surface area contributed by atoms with Gasteiger partial charge in [0.05, 0.1) is 11.1 Å². The van der Waals surface area contributed by atoms with Crippen LogP contribution in [0, 0.1) is 5.82 Å². The molecule has 3 rings (SSSR count). The van der Waals surface area contributed by atoms with Crippen LogP contribution in [0.5, 0.6) is 17.2 Å². The molecule has 0 amide bonds. The van der Waals surface area contributed by atoms with Gasteiger partial charge in [-0.25, -0.2) is 4.39 Å². The molecule has 0 saturated carbocycles. The summed E-state index contributed by atoms with van der Waals surface area (Å²) in [4.78, 5) is 10.8. The molecule has 0 spiro atoms. The van der Waals surface area contributed by atoms with E-state index in [2.05, 4.69) is 4.74 Å². The third-order valence-corrected chi connectivity index (χ3v) is 4.50. The van der Waals surface area contributed by atoms with Gasteiger partial charge < -0.3 is 14.2 Å². The Morgan fingerprint density at radius 1 is 1.09 bits per heavy atom. The van der Waals surface area contributed by atoms with Crippen LogP contribution in [0.2, 0.25) is 0 Å². The van der Waals surface area contributed by atoms with Crippen molar-refractivity contribution in [1.29, 1.82) is 0 Å². The minimum Gasteiger partial charge on any atom is -0.489 e. The maximum Gasteiger partial charge on any atom is 0.425 e. The molecule has 0 aliphatic carbocycles. The van der Waals surface area contributed by atoms with Crippen molar-refractivity contribution in [2.24, 2.45) is 0 Å². The molecule has 0 saturated heterocycles. The summed E-state index contributed by atoms with van der Waals surface area (Å²) in [7, 11) is 0. The largest absolute Gasteiger partial charge is 0.489 e. The molecule has 1 heterocycles. The van der Waals surface area contributed by atoms with Crippen LogP contribution in [0.3, 0.4) is 0 Å². The van der Waals surface area contributed by atoms with Crippen LogP contribution in [0.15, 0.2) is 35.9 Å². The number of alkyl halides is 6. The Bertz CT molecular complexity index is 1040. The lowest BCUT2D eigenvalue weighted by atomic mass is 10.1. The fraction of sp³-hybridized carbons (Fsp3) is 0.318. The lowest BCUT2D eigenvalue weighted by molar-refractivity contribution is -0.189.